The zero-order valence-corrected chi connectivity index (χ0v) is 67.9. The number of esters is 3. The van der Waals surface area contributed by atoms with Crippen LogP contribution in [0.2, 0.25) is 0 Å². The lowest BCUT2D eigenvalue weighted by atomic mass is 9.72. The van der Waals surface area contributed by atoms with Crippen molar-refractivity contribution in [2.45, 2.75) is 360 Å². The molecule has 124 heavy (non-hydrogen) atoms. The number of carbonyl (C=O) groups is 3. The van der Waals surface area contributed by atoms with Crippen LogP contribution in [0.4, 0.5) is 0 Å². The molecule has 45 heteroatoms. The number of rotatable bonds is 29. The highest BCUT2D eigenvalue weighted by molar-refractivity contribution is 5.82. The Labute approximate surface area is 710 Å². The second kappa shape index (κ2) is 44.5. The summed E-state index contributed by atoms with van der Waals surface area (Å²) in [7, 11) is 1.41. The van der Waals surface area contributed by atoms with Crippen molar-refractivity contribution in [1.82, 2.24) is 0 Å². The number of aliphatic hydroxyl groups excluding tert-OH is 25. The number of aliphatic hydroxyl groups is 25. The maximum Gasteiger partial charge on any atom is 0.330 e. The van der Waals surface area contributed by atoms with Crippen LogP contribution in [0, 0.1) is 29.6 Å². The van der Waals surface area contributed by atoms with Gasteiger partial charge in [0.25, 0.3) is 0 Å². The molecular weight excluding hydrogens is 1670 g/mol. The van der Waals surface area contributed by atoms with Crippen molar-refractivity contribution in [3.8, 4) is 0 Å². The fourth-order valence-electron chi connectivity index (χ4n) is 18.7. The summed E-state index contributed by atoms with van der Waals surface area (Å²) in [6.45, 7) is -4.45. The van der Waals surface area contributed by atoms with Crippen LogP contribution in [0.25, 0.3) is 0 Å². The molecule has 7 saturated heterocycles. The highest BCUT2D eigenvalue weighted by atomic mass is 16.8. The number of hydrogen-bond acceptors (Lipinski definition) is 45. The average molecular weight is 1790 g/mol. The summed E-state index contributed by atoms with van der Waals surface area (Å²) in [5.74, 6) is -5.48. The van der Waals surface area contributed by atoms with Gasteiger partial charge in [0, 0.05) is 37.7 Å². The first-order chi connectivity index (χ1) is 59.1. The van der Waals surface area contributed by atoms with E-state index >= 15 is 0 Å². The van der Waals surface area contributed by atoms with Gasteiger partial charge in [-0.05, 0) is 114 Å². The zero-order valence-electron chi connectivity index (χ0n) is 67.9. The van der Waals surface area contributed by atoms with Crippen molar-refractivity contribution in [3.05, 3.63) is 36.5 Å². The Bertz CT molecular complexity index is 3420. The third-order valence-electron chi connectivity index (χ3n) is 26.2. The monoisotopic (exact) mass is 1790 g/mol. The standard InChI is InChI=1S/C79H124O45/c1-108-43-19-32(8-10-35(43)84)72-45(117-79-73(66(102)57(93)48(25-82)120-79)124-78-71(107)65(101)60(96)51(123-78)28-111-53(89)14-6-29-3-11-39(37(86)16-29)113-74-67(103)61(97)55(91)46(23-80)118-74)22-34-41(112-72)20-33(83)21-42(34)115-76-70(106)64(100)59(95)50(122-76)27-109-52(88)13-5-30-4-12-40(38(87)17-30)114-75-69(105)63(99)58(94)49(121-75)26-110-54(90)15-7-31-2-9-36(85)44(18-31)116-77-68(104)62(98)56(92)47(24-81)119-77/h5-7,13-15,29-51,55-87,91-107H,2-4,8-12,16-28H2,1H3/t29?,30?,31?,32?,33?,34?,35?,36?,37?,38?,39?,40?,41?,42?,43?,44?,45?,46-,47-,48-,49-,50-,51-,55-,56-,57-,58-,59-,60-,61+,62+,63+,64+,65+,66+,67-,68-,69-,70-,71-,72?,73-,74-,75-,76-,77-,78+,79-/m1/s1. The van der Waals surface area contributed by atoms with Crippen LogP contribution in [0.15, 0.2) is 36.5 Å². The molecule has 710 valence electrons. The number of fused-ring (bicyclic) bond motifs is 1. The lowest BCUT2D eigenvalue weighted by Crippen LogP contribution is -2.66. The van der Waals surface area contributed by atoms with E-state index in [1.807, 2.05) is 0 Å². The van der Waals surface area contributed by atoms with E-state index in [4.69, 9.17) is 80.5 Å². The minimum atomic E-state index is -2.12. The predicted octanol–water partition coefficient (Wildman–Crippen LogP) is -11.4. The summed E-state index contributed by atoms with van der Waals surface area (Å²) in [5.41, 5.74) is 0. The molecule has 5 aliphatic carbocycles. The Morgan fingerprint density at radius 3 is 1.06 bits per heavy atom. The average Bonchev–Trinajstić information content (AvgIpc) is 0.758. The van der Waals surface area contributed by atoms with Crippen LogP contribution in [0.1, 0.15) is 96.3 Å². The van der Waals surface area contributed by atoms with Gasteiger partial charge in [0.15, 0.2) is 37.7 Å². The molecule has 25 N–H and O–H groups in total. The second-order valence-corrected chi connectivity index (χ2v) is 34.6. The van der Waals surface area contributed by atoms with E-state index in [0.29, 0.717) is 19.3 Å². The van der Waals surface area contributed by atoms with Crippen LogP contribution >= 0.6 is 0 Å². The molecule has 5 saturated carbocycles. The van der Waals surface area contributed by atoms with E-state index in [0.717, 1.165) is 18.2 Å². The van der Waals surface area contributed by atoms with Gasteiger partial charge in [0.2, 0.25) is 0 Å². The maximum atomic E-state index is 13.4. The summed E-state index contributed by atoms with van der Waals surface area (Å²) in [4.78, 5) is 39.5. The Kier molecular flexibility index (Phi) is 35.6. The van der Waals surface area contributed by atoms with E-state index < -0.39 is 345 Å². The van der Waals surface area contributed by atoms with Gasteiger partial charge in [-0.2, -0.15) is 0 Å². The number of carbonyl (C=O) groups excluding carboxylic acids is 3. The Morgan fingerprint density at radius 1 is 0.298 bits per heavy atom. The van der Waals surface area contributed by atoms with Crippen LogP contribution in [0.3, 0.4) is 0 Å². The van der Waals surface area contributed by atoms with Crippen LogP contribution < -0.4 is 0 Å². The number of hydrogen-bond donors (Lipinski definition) is 25. The SMILES string of the molecule is COC1CC(C2OC3CC(O)CC(O[C@@H]4O[C@H](COC(=O)C=CC5CCC(O[C@@H]6O[C@H](COC(=O)C=CC7CCC(O)C(O[C@@H]8O[C@H](CO)[C@@H](O)[C@H](O)[C@H]8O)C7)[C@@H](O)[C@H](O)[C@H]6O)C(O)C5)[C@@H](O)[C@H](O)[C@H]4O)C3CC2O[C@@H]2O[C@H](CO)[C@@H](O)[C@H](O)[C@H]2O[C@@H]2O[C@H](COC(=O)C=CC3CCC(O[C@@H]4O[C@H](CO)[C@@H](O)[C@H](O)[C@H]4O)C(O)C3)[C@@H](O)[C@H](O)[C@H]2O)CCC1O. The molecule has 0 spiro atoms. The summed E-state index contributed by atoms with van der Waals surface area (Å²) >= 11 is 0. The van der Waals surface area contributed by atoms with Crippen molar-refractivity contribution < 1.29 is 223 Å². The van der Waals surface area contributed by atoms with Crippen LogP contribution in [0.5, 0.6) is 0 Å². The molecule has 12 rings (SSSR count). The van der Waals surface area contributed by atoms with Crippen molar-refractivity contribution in [2.75, 3.05) is 46.8 Å². The molecule has 12 aliphatic rings. The summed E-state index contributed by atoms with van der Waals surface area (Å²) in [5, 5.41) is 270. The maximum absolute atomic E-state index is 13.4. The highest BCUT2D eigenvalue weighted by Gasteiger charge is 2.58. The summed E-state index contributed by atoms with van der Waals surface area (Å²) < 4.78 is 100. The number of methoxy groups -OCH3 is 1. The number of ether oxygens (including phenoxy) is 17. The molecule has 0 aromatic rings. The van der Waals surface area contributed by atoms with Crippen molar-refractivity contribution in [3.63, 3.8) is 0 Å². The van der Waals surface area contributed by atoms with Gasteiger partial charge >= 0.3 is 17.9 Å². The van der Waals surface area contributed by atoms with Gasteiger partial charge in [-0.1, -0.05) is 18.2 Å². The number of allylic oxidation sites excluding steroid dienone is 3. The van der Waals surface area contributed by atoms with E-state index in [1.54, 1.807) is 0 Å². The third kappa shape index (κ3) is 23.6. The second-order valence-electron chi connectivity index (χ2n) is 34.6. The fraction of sp³-hybridized carbons (Fsp3) is 0.886. The molecule has 7 heterocycles. The van der Waals surface area contributed by atoms with Gasteiger partial charge in [-0.25, -0.2) is 14.4 Å². The predicted molar refractivity (Wildman–Crippen MR) is 401 cm³/mol. The van der Waals surface area contributed by atoms with E-state index in [1.165, 1.54) is 25.3 Å². The zero-order chi connectivity index (χ0) is 89.6. The lowest BCUT2D eigenvalue weighted by molar-refractivity contribution is -0.380. The Morgan fingerprint density at radius 2 is 0.645 bits per heavy atom. The fourth-order valence-corrected chi connectivity index (χ4v) is 18.7. The van der Waals surface area contributed by atoms with E-state index in [-0.39, 0.29) is 83.0 Å². The largest absolute Gasteiger partial charge is 0.460 e. The van der Waals surface area contributed by atoms with Crippen LogP contribution in [-0.4, -0.2) is 456 Å². The Balaban J connectivity index is 0.631. The molecule has 45 nitrogen and oxygen atoms in total. The smallest absolute Gasteiger partial charge is 0.330 e. The Hall–Kier alpha value is -3.93. The summed E-state index contributed by atoms with van der Waals surface area (Å²) in [6, 6.07) is 0. The van der Waals surface area contributed by atoms with Gasteiger partial charge in [0.1, 0.15) is 166 Å². The molecule has 0 bridgehead atoms. The first-order valence-electron chi connectivity index (χ1n) is 42.5. The van der Waals surface area contributed by atoms with Crippen molar-refractivity contribution in [1.29, 1.82) is 0 Å². The molecule has 0 amide bonds. The topological polar surface area (TPSA) is 714 Å². The van der Waals surface area contributed by atoms with Gasteiger partial charge in [-0.15, -0.1) is 0 Å². The molecule has 12 fully saturated rings. The van der Waals surface area contributed by atoms with Gasteiger partial charge < -0.3 is 208 Å². The third-order valence-corrected chi connectivity index (χ3v) is 26.2. The molecule has 18 unspecified atom stereocenters. The van der Waals surface area contributed by atoms with Crippen LogP contribution in [-0.2, 0) is 94.9 Å². The minimum Gasteiger partial charge on any atom is -0.460 e. The molecule has 0 aromatic heterocycles. The minimum absolute atomic E-state index is 0.00896. The molecular formula is C79H124O45. The molecule has 0 aromatic carbocycles. The summed E-state index contributed by atoms with van der Waals surface area (Å²) in [6.07, 6.45) is -56.2. The lowest BCUT2D eigenvalue weighted by Gasteiger charge is -2.53. The van der Waals surface area contributed by atoms with Crippen molar-refractivity contribution >= 4 is 17.9 Å². The van der Waals surface area contributed by atoms with Gasteiger partial charge in [-0.3, -0.25) is 0 Å². The van der Waals surface area contributed by atoms with Crippen molar-refractivity contribution in [2.24, 2.45) is 29.6 Å². The molecule has 7 aliphatic heterocycles. The normalized spacial score (nSPS) is 49.4. The van der Waals surface area contributed by atoms with E-state index in [2.05, 4.69) is 0 Å². The molecule has 48 atom stereocenters. The first-order valence-corrected chi connectivity index (χ1v) is 42.5. The highest BCUT2D eigenvalue weighted by Crippen LogP contribution is 2.47. The first kappa shape index (κ1) is 99.1. The molecule has 0 radical (unpaired) electrons. The quantitative estimate of drug-likeness (QED) is 0.0188. The van der Waals surface area contributed by atoms with Gasteiger partial charge in [0.05, 0.1) is 99.2 Å². The van der Waals surface area contributed by atoms with E-state index in [9.17, 15) is 142 Å².